The molecule has 2 aromatic rings. The zero-order valence-electron chi connectivity index (χ0n) is 12.8. The van der Waals surface area contributed by atoms with Gasteiger partial charge in [0.15, 0.2) is 6.10 Å². The van der Waals surface area contributed by atoms with Crippen molar-refractivity contribution in [2.24, 2.45) is 0 Å². The Morgan fingerprint density at radius 3 is 2.42 bits per heavy atom. The van der Waals surface area contributed by atoms with E-state index in [0.717, 1.165) is 16.9 Å². The number of esters is 1. The summed E-state index contributed by atoms with van der Waals surface area (Å²) in [6.07, 6.45) is -0.952. The molecule has 0 aliphatic heterocycles. The Labute approximate surface area is 158 Å². The normalized spacial score (nSPS) is 13.2. The monoisotopic (exact) mass is 405 g/mol. The van der Waals surface area contributed by atoms with Gasteiger partial charge in [0.2, 0.25) is 0 Å². The summed E-state index contributed by atoms with van der Waals surface area (Å²) in [6.45, 7) is 3.28. The number of carbonyl (C=O) groups is 2. The molecule has 0 aliphatic carbocycles. The van der Waals surface area contributed by atoms with Crippen LogP contribution in [0.5, 0.6) is 0 Å². The largest absolute Gasteiger partial charge is 0.448 e. The van der Waals surface area contributed by atoms with Crippen LogP contribution in [0.4, 0.5) is 0 Å². The van der Waals surface area contributed by atoms with E-state index in [4.69, 9.17) is 39.5 Å². The van der Waals surface area contributed by atoms with Crippen molar-refractivity contribution >= 4 is 58.0 Å². The second kappa shape index (κ2) is 8.21. The number of nitrogens with one attached hydrogen (secondary N) is 1. The lowest BCUT2D eigenvalue weighted by molar-refractivity contribution is -0.129. The van der Waals surface area contributed by atoms with E-state index >= 15 is 0 Å². The van der Waals surface area contributed by atoms with E-state index < -0.39 is 18.0 Å². The van der Waals surface area contributed by atoms with Crippen molar-refractivity contribution in [3.8, 4) is 0 Å². The summed E-state index contributed by atoms with van der Waals surface area (Å²) >= 11 is 18.8. The summed E-state index contributed by atoms with van der Waals surface area (Å²) in [4.78, 5) is 24.5. The zero-order chi connectivity index (χ0) is 17.9. The van der Waals surface area contributed by atoms with E-state index in [1.807, 2.05) is 0 Å². The first-order chi connectivity index (χ1) is 11.3. The smallest absolute Gasteiger partial charge is 0.349 e. The van der Waals surface area contributed by atoms with Gasteiger partial charge in [-0.15, -0.1) is 11.3 Å². The molecule has 4 nitrogen and oxygen atoms in total. The molecule has 128 valence electrons. The lowest BCUT2D eigenvalue weighted by Crippen LogP contribution is -2.37. The van der Waals surface area contributed by atoms with Gasteiger partial charge in [-0.2, -0.15) is 0 Å². The van der Waals surface area contributed by atoms with Crippen molar-refractivity contribution in [3.05, 3.63) is 55.2 Å². The first-order valence-electron chi connectivity index (χ1n) is 6.99. The molecule has 0 fully saturated rings. The molecule has 0 saturated heterocycles. The maximum absolute atomic E-state index is 12.2. The van der Waals surface area contributed by atoms with Crippen LogP contribution in [0.3, 0.4) is 0 Å². The molecule has 1 N–H and O–H groups in total. The summed E-state index contributed by atoms with van der Waals surface area (Å²) in [6, 6.07) is 7.81. The topological polar surface area (TPSA) is 55.4 Å². The Morgan fingerprint density at radius 1 is 1.12 bits per heavy atom. The number of benzene rings is 1. The van der Waals surface area contributed by atoms with Crippen molar-refractivity contribution in [1.29, 1.82) is 0 Å². The number of halogens is 3. The second-order valence-electron chi connectivity index (χ2n) is 5.05. The molecule has 0 aliphatic rings. The minimum atomic E-state index is -0.952. The van der Waals surface area contributed by atoms with Crippen LogP contribution in [0.15, 0.2) is 30.3 Å². The molecule has 8 heteroatoms. The third-order valence-corrected chi connectivity index (χ3v) is 4.99. The standard InChI is InChI=1S/C16H14Cl3NO3S/c1-8(11-4-3-10(17)7-12(11)18)20-15(21)9(2)23-16(22)13-5-6-14(19)24-13/h3-9H,1-2H3,(H,20,21)/t8-,9+/m0/s1. The SMILES string of the molecule is C[C@H](NC(=O)[C@@H](C)OC(=O)c1ccc(Cl)s1)c1ccc(Cl)cc1Cl. The molecule has 2 atom stereocenters. The first-order valence-corrected chi connectivity index (χ1v) is 8.94. The third kappa shape index (κ3) is 4.86. The number of rotatable bonds is 5. The van der Waals surface area contributed by atoms with Gasteiger partial charge in [-0.05, 0) is 43.7 Å². The van der Waals surface area contributed by atoms with Crippen molar-refractivity contribution in [2.45, 2.75) is 26.0 Å². The summed E-state index contributed by atoms with van der Waals surface area (Å²) < 4.78 is 5.62. The van der Waals surface area contributed by atoms with Gasteiger partial charge in [0.25, 0.3) is 5.91 Å². The van der Waals surface area contributed by atoms with Gasteiger partial charge in [0.05, 0.1) is 10.4 Å². The molecular weight excluding hydrogens is 393 g/mol. The Bertz CT molecular complexity index is 763. The van der Waals surface area contributed by atoms with E-state index in [9.17, 15) is 9.59 Å². The summed E-state index contributed by atoms with van der Waals surface area (Å²) in [5.41, 5.74) is 0.720. The minimum absolute atomic E-state index is 0.341. The molecule has 0 radical (unpaired) electrons. The number of hydrogen-bond donors (Lipinski definition) is 1. The van der Waals surface area contributed by atoms with Crippen molar-refractivity contribution in [2.75, 3.05) is 0 Å². The van der Waals surface area contributed by atoms with E-state index in [0.29, 0.717) is 19.3 Å². The van der Waals surface area contributed by atoms with Crippen LogP contribution in [0.25, 0.3) is 0 Å². The molecule has 0 saturated carbocycles. The fourth-order valence-electron chi connectivity index (χ4n) is 1.96. The fraction of sp³-hybridized carbons (Fsp3) is 0.250. The first kappa shape index (κ1) is 19.1. The maximum atomic E-state index is 12.2. The second-order valence-corrected chi connectivity index (χ2v) is 7.61. The van der Waals surface area contributed by atoms with Crippen LogP contribution in [-0.4, -0.2) is 18.0 Å². The van der Waals surface area contributed by atoms with E-state index in [2.05, 4.69) is 5.32 Å². The Balaban J connectivity index is 1.96. The van der Waals surface area contributed by atoms with Gasteiger partial charge in [-0.1, -0.05) is 40.9 Å². The van der Waals surface area contributed by atoms with Gasteiger partial charge >= 0.3 is 5.97 Å². The molecule has 1 amide bonds. The summed E-state index contributed by atoms with van der Waals surface area (Å²) in [5.74, 6) is -1.02. The third-order valence-electron chi connectivity index (χ3n) is 3.22. The van der Waals surface area contributed by atoms with E-state index in [-0.39, 0.29) is 6.04 Å². The average Bonchev–Trinajstić information content (AvgIpc) is 2.93. The zero-order valence-corrected chi connectivity index (χ0v) is 15.9. The molecule has 0 spiro atoms. The Hall–Kier alpha value is -1.27. The number of thiophene rings is 1. The van der Waals surface area contributed by atoms with Crippen molar-refractivity contribution in [3.63, 3.8) is 0 Å². The predicted molar refractivity (Wildman–Crippen MR) is 97.2 cm³/mol. The highest BCUT2D eigenvalue weighted by molar-refractivity contribution is 7.17. The summed E-state index contributed by atoms with van der Waals surface area (Å²) in [7, 11) is 0. The molecule has 0 unspecified atom stereocenters. The van der Waals surface area contributed by atoms with E-state index in [1.54, 1.807) is 37.3 Å². The van der Waals surface area contributed by atoms with Gasteiger partial charge in [-0.3, -0.25) is 4.79 Å². The molecule has 1 aromatic heterocycles. The van der Waals surface area contributed by atoms with Gasteiger partial charge in [0, 0.05) is 10.0 Å². The van der Waals surface area contributed by atoms with Crippen LogP contribution in [0.1, 0.15) is 35.1 Å². The minimum Gasteiger partial charge on any atom is -0.448 e. The predicted octanol–water partition coefficient (Wildman–Crippen LogP) is 5.13. The molecule has 1 aromatic carbocycles. The average molecular weight is 407 g/mol. The fourth-order valence-corrected chi connectivity index (χ4v) is 3.46. The molecule has 2 rings (SSSR count). The Kier molecular flexibility index (Phi) is 6.52. The molecule has 0 bridgehead atoms. The van der Waals surface area contributed by atoms with Crippen molar-refractivity contribution in [1.82, 2.24) is 5.32 Å². The quantitative estimate of drug-likeness (QED) is 0.700. The van der Waals surface area contributed by atoms with Crippen LogP contribution in [0, 0.1) is 0 Å². The van der Waals surface area contributed by atoms with Crippen LogP contribution >= 0.6 is 46.1 Å². The molecule has 1 heterocycles. The van der Waals surface area contributed by atoms with Crippen LogP contribution < -0.4 is 5.32 Å². The van der Waals surface area contributed by atoms with Crippen molar-refractivity contribution < 1.29 is 14.3 Å². The van der Waals surface area contributed by atoms with Gasteiger partial charge < -0.3 is 10.1 Å². The van der Waals surface area contributed by atoms with Gasteiger partial charge in [0.1, 0.15) is 4.88 Å². The number of amides is 1. The van der Waals surface area contributed by atoms with Gasteiger partial charge in [-0.25, -0.2) is 4.79 Å². The number of carbonyl (C=O) groups excluding carboxylic acids is 2. The number of ether oxygens (including phenoxy) is 1. The highest BCUT2D eigenvalue weighted by Crippen LogP contribution is 2.26. The molecular formula is C16H14Cl3NO3S. The molecule has 24 heavy (non-hydrogen) atoms. The highest BCUT2D eigenvalue weighted by Gasteiger charge is 2.22. The highest BCUT2D eigenvalue weighted by atomic mass is 35.5. The van der Waals surface area contributed by atoms with Crippen LogP contribution in [-0.2, 0) is 9.53 Å². The maximum Gasteiger partial charge on any atom is 0.349 e. The lowest BCUT2D eigenvalue weighted by atomic mass is 10.1. The van der Waals surface area contributed by atoms with E-state index in [1.165, 1.54) is 6.92 Å². The lowest BCUT2D eigenvalue weighted by Gasteiger charge is -2.19. The Morgan fingerprint density at radius 2 is 1.83 bits per heavy atom. The number of hydrogen-bond acceptors (Lipinski definition) is 4. The summed E-state index contributed by atoms with van der Waals surface area (Å²) in [5, 5.41) is 3.72. The van der Waals surface area contributed by atoms with Crippen LogP contribution in [0.2, 0.25) is 14.4 Å².